The maximum absolute atomic E-state index is 8.34. The Kier molecular flexibility index (Phi) is 217. The van der Waals surface area contributed by atoms with Crippen LogP contribution in [0.2, 0.25) is 0 Å². The van der Waals surface area contributed by atoms with E-state index in [9.17, 15) is 0 Å². The van der Waals surface area contributed by atoms with Crippen LogP contribution in [0.4, 0.5) is 0 Å². The second kappa shape index (κ2) is 38.6. The summed E-state index contributed by atoms with van der Waals surface area (Å²) in [5.41, 5.74) is 0. The Bertz CT molecular complexity index is 15.5. The Labute approximate surface area is 113 Å². The van der Waals surface area contributed by atoms with E-state index >= 15 is 0 Å². The predicted molar refractivity (Wildman–Crippen MR) is 27.7 cm³/mol. The minimum Gasteiger partial charge on any atom is 0 e. The zero-order chi connectivity index (χ0) is 2.00. The van der Waals surface area contributed by atoms with Gasteiger partial charge in [0, 0.05) is 46.8 Å². The Balaban J connectivity index is -0.000000000833. The molecule has 0 rings (SSSR count). The van der Waals surface area contributed by atoms with Crippen molar-refractivity contribution in [3.63, 3.8) is 0 Å². The summed E-state index contributed by atoms with van der Waals surface area (Å²) in [6.07, 6.45) is 0. The molecule has 0 bridgehead atoms. The van der Waals surface area contributed by atoms with Crippen molar-refractivity contribution in [2.24, 2.45) is 0 Å². The molecular formula is H7CdGeInOSnZn. The monoisotopic (exact) mass is 510 g/mol. The molecule has 0 aliphatic rings. The predicted octanol–water partition coefficient (Wildman–Crippen LogP) is -3.14. The van der Waals surface area contributed by atoms with E-state index in [2.05, 4.69) is 0 Å². The molecule has 6 heavy (non-hydrogen) atoms. The van der Waals surface area contributed by atoms with Crippen molar-refractivity contribution in [3.8, 4) is 0 Å². The van der Waals surface area contributed by atoms with Crippen LogP contribution in [-0.2, 0) is 49.9 Å². The third-order valence-corrected chi connectivity index (χ3v) is 0. The Morgan fingerprint density at radius 1 is 1.17 bits per heavy atom. The molecule has 0 fully saturated rings. The molecule has 0 unspecified atom stereocenters. The van der Waals surface area contributed by atoms with Crippen molar-refractivity contribution in [2.45, 2.75) is 0 Å². The second-order valence-corrected chi connectivity index (χ2v) is 0. The molecule has 0 aliphatic carbocycles. The average molecular weight is 507 g/mol. The fourth-order valence-electron chi connectivity index (χ4n) is 0. The maximum Gasteiger partial charge on any atom is 0 e. The molecular weight excluding hydrogens is 500 g/mol. The molecule has 0 amide bonds. The molecule has 2 radical (unpaired) electrons. The van der Waals surface area contributed by atoms with Gasteiger partial charge in [-0.05, 0) is 0 Å². The van der Waals surface area contributed by atoms with E-state index in [0.717, 1.165) is 0 Å². The van der Waals surface area contributed by atoms with Crippen LogP contribution in [0.5, 0.6) is 0 Å². The molecule has 0 saturated heterocycles. The molecule has 0 N–H and O–H groups in total. The maximum atomic E-state index is 8.34. The van der Waals surface area contributed by atoms with Crippen molar-refractivity contribution in [3.05, 3.63) is 0 Å². The van der Waals surface area contributed by atoms with Gasteiger partial charge in [-0.2, -0.15) is 0 Å². The van der Waals surface area contributed by atoms with Gasteiger partial charge < -0.3 is 0 Å². The first-order valence-corrected chi connectivity index (χ1v) is 1.37. The van der Waals surface area contributed by atoms with Gasteiger partial charge in [0.25, 0.3) is 0 Å². The average Bonchev–Trinajstić information content (AvgIpc) is 1.00. The van der Waals surface area contributed by atoms with Crippen LogP contribution in [0.1, 0.15) is 0 Å². The van der Waals surface area contributed by atoms with E-state index in [0.29, 0.717) is 22.5 Å². The molecule has 0 atom stereocenters. The quantitative estimate of drug-likeness (QED) is 0.318. The third-order valence-electron chi connectivity index (χ3n) is 0. The summed E-state index contributed by atoms with van der Waals surface area (Å²) in [4.78, 5) is 0. The first kappa shape index (κ1) is 33.7. The summed E-state index contributed by atoms with van der Waals surface area (Å²) in [7, 11) is 0. The van der Waals surface area contributed by atoms with E-state index < -0.39 is 0 Å². The summed E-state index contributed by atoms with van der Waals surface area (Å²) >= 11 is 0.300. The largest absolute Gasteiger partial charge is 0 e. The number of hydrogen-bond donors (Lipinski definition) is 0. The van der Waals surface area contributed by atoms with Gasteiger partial charge in [-0.3, -0.25) is 0 Å². The fourth-order valence-corrected chi connectivity index (χ4v) is 0. The normalized spacial score (nSPS) is 0.667. The molecule has 0 aromatic heterocycles. The summed E-state index contributed by atoms with van der Waals surface area (Å²) in [6, 6.07) is 0. The van der Waals surface area contributed by atoms with E-state index in [1.54, 1.807) is 0 Å². The molecule has 0 saturated carbocycles. The van der Waals surface area contributed by atoms with Gasteiger partial charge >= 0.3 is 69.0 Å². The van der Waals surface area contributed by atoms with Crippen LogP contribution in [0.3, 0.4) is 0 Å². The van der Waals surface area contributed by atoms with E-state index in [4.69, 9.17) is 3.08 Å². The van der Waals surface area contributed by atoms with E-state index in [1.807, 2.05) is 0 Å². The zero-order valence-corrected chi connectivity index (χ0v) is 12.2. The fraction of sp³-hybridized carbons (Fsp3) is 0. The molecule has 0 aromatic carbocycles. The molecule has 0 aliphatic heterocycles. The molecule has 0 spiro atoms. The molecule has 0 heterocycles. The molecule has 1 nitrogen and oxygen atoms in total. The second-order valence-electron chi connectivity index (χ2n) is 0. The molecule has 6 heteroatoms. The standard InChI is InChI=1S/Cd.GeH4.In.O.Sn.Zn.3H/h;1H4;;;;;;;. The van der Waals surface area contributed by atoms with Crippen LogP contribution in [-0.4, -0.2) is 66.0 Å². The zero-order valence-electron chi connectivity index (χ0n) is 2.32. The van der Waals surface area contributed by atoms with Gasteiger partial charge in [0.05, 0.1) is 0 Å². The number of rotatable bonds is 0. The Morgan fingerprint density at radius 3 is 1.17 bits per heavy atom. The van der Waals surface area contributed by atoms with E-state index in [1.165, 1.54) is 0 Å². The first-order chi connectivity index (χ1) is 1.00. The van der Waals surface area contributed by atoms with Crippen LogP contribution < -0.4 is 0 Å². The summed E-state index contributed by atoms with van der Waals surface area (Å²) in [5.74, 6) is 0. The van der Waals surface area contributed by atoms with Gasteiger partial charge in [-0.25, -0.2) is 0 Å². The summed E-state index contributed by atoms with van der Waals surface area (Å²) < 4.78 is 8.34. The van der Waals surface area contributed by atoms with E-state index in [-0.39, 0.29) is 90.2 Å². The SMILES string of the molecule is [Cd].[GeH4].[InH3].[O]=[Sn].[Zn]. The molecule has 0 aromatic rings. The van der Waals surface area contributed by atoms with Crippen LogP contribution >= 0.6 is 0 Å². The Hall–Kier alpha value is 3.56. The van der Waals surface area contributed by atoms with Gasteiger partial charge in [-0.1, -0.05) is 0 Å². The van der Waals surface area contributed by atoms with Gasteiger partial charge in [0.1, 0.15) is 0 Å². The van der Waals surface area contributed by atoms with Gasteiger partial charge in [0.2, 0.25) is 0 Å². The number of hydrogen-bond acceptors (Lipinski definition) is 1. The topological polar surface area (TPSA) is 17.1 Å². The smallest absolute Gasteiger partial charge is 0 e. The van der Waals surface area contributed by atoms with Crippen LogP contribution in [0, 0.1) is 0 Å². The minimum absolute atomic E-state index is 0. The van der Waals surface area contributed by atoms with Crippen LogP contribution in [0.25, 0.3) is 0 Å². The van der Waals surface area contributed by atoms with Crippen LogP contribution in [0.15, 0.2) is 0 Å². The van der Waals surface area contributed by atoms with Crippen molar-refractivity contribution in [1.82, 2.24) is 0 Å². The van der Waals surface area contributed by atoms with Crippen molar-refractivity contribution < 1.29 is 49.9 Å². The van der Waals surface area contributed by atoms with Gasteiger partial charge in [0.15, 0.2) is 0 Å². The Morgan fingerprint density at radius 2 is 1.17 bits per heavy atom. The third kappa shape index (κ3) is 25.7. The summed E-state index contributed by atoms with van der Waals surface area (Å²) in [6.45, 7) is 0. The van der Waals surface area contributed by atoms with Crippen molar-refractivity contribution in [2.75, 3.05) is 0 Å². The first-order valence-electron chi connectivity index (χ1n) is 0.204. The van der Waals surface area contributed by atoms with Crippen molar-refractivity contribution >= 4 is 66.0 Å². The minimum atomic E-state index is 0. The summed E-state index contributed by atoms with van der Waals surface area (Å²) in [5, 5.41) is 0. The van der Waals surface area contributed by atoms with Crippen molar-refractivity contribution in [1.29, 1.82) is 0 Å². The molecule has 28 valence electrons. The van der Waals surface area contributed by atoms with Gasteiger partial charge in [-0.15, -0.1) is 0 Å².